The number of anilines is 1. The lowest BCUT2D eigenvalue weighted by atomic mass is 10.2. The summed E-state index contributed by atoms with van der Waals surface area (Å²) in [5.41, 5.74) is -0.222. The molecular weight excluding hydrogens is 409 g/mol. The average Bonchev–Trinajstić information content (AvgIpc) is 2.62. The van der Waals surface area contributed by atoms with E-state index in [4.69, 9.17) is 9.15 Å². The highest BCUT2D eigenvalue weighted by Crippen LogP contribution is 2.19. The number of hydrogen-bond donors (Lipinski definition) is 1. The van der Waals surface area contributed by atoms with Crippen LogP contribution in [0.25, 0.3) is 11.0 Å². The number of carbonyl (C=O) groups excluding carboxylic acids is 2. The first kappa shape index (κ1) is 17.8. The first-order chi connectivity index (χ1) is 12.4. The molecule has 0 saturated carbocycles. The smallest absolute Gasteiger partial charge is 0.374 e. The molecule has 1 aromatic heterocycles. The molecule has 1 N–H and O–H groups in total. The van der Waals surface area contributed by atoms with Gasteiger partial charge in [-0.3, -0.25) is 9.59 Å². The molecule has 0 atom stereocenters. The van der Waals surface area contributed by atoms with Crippen LogP contribution in [0.4, 0.5) is 10.1 Å². The third kappa shape index (κ3) is 3.97. The molecule has 6 nitrogen and oxygen atoms in total. The van der Waals surface area contributed by atoms with Crippen LogP contribution in [-0.4, -0.2) is 18.5 Å². The number of hydrogen-bond acceptors (Lipinski definition) is 5. The molecule has 0 unspecified atom stereocenters. The Morgan fingerprint density at radius 1 is 1.15 bits per heavy atom. The Labute approximate surface area is 154 Å². The topological polar surface area (TPSA) is 85.6 Å². The van der Waals surface area contributed by atoms with Crippen LogP contribution in [0.5, 0.6) is 0 Å². The molecular formula is C18H11BrFNO5. The van der Waals surface area contributed by atoms with Crippen LogP contribution < -0.4 is 10.7 Å². The zero-order valence-electron chi connectivity index (χ0n) is 13.1. The van der Waals surface area contributed by atoms with Crippen molar-refractivity contribution in [2.45, 2.75) is 0 Å². The molecule has 132 valence electrons. The van der Waals surface area contributed by atoms with Crippen LogP contribution in [0.2, 0.25) is 0 Å². The highest BCUT2D eigenvalue weighted by molar-refractivity contribution is 9.10. The quantitative estimate of drug-likeness (QED) is 0.654. The molecule has 0 spiro atoms. The maximum atomic E-state index is 13.7. The zero-order chi connectivity index (χ0) is 18.7. The summed E-state index contributed by atoms with van der Waals surface area (Å²) in [6.45, 7) is -0.662. The molecule has 2 aromatic carbocycles. The lowest BCUT2D eigenvalue weighted by Gasteiger charge is -2.07. The predicted molar refractivity (Wildman–Crippen MR) is 95.5 cm³/mol. The number of ether oxygens (including phenoxy) is 1. The molecule has 3 aromatic rings. The fourth-order valence-electron chi connectivity index (χ4n) is 2.18. The van der Waals surface area contributed by atoms with E-state index < -0.39 is 29.7 Å². The number of carbonyl (C=O) groups is 2. The summed E-state index contributed by atoms with van der Waals surface area (Å²) in [7, 11) is 0. The number of esters is 1. The van der Waals surface area contributed by atoms with Gasteiger partial charge in [-0.1, -0.05) is 28.1 Å². The van der Waals surface area contributed by atoms with Gasteiger partial charge >= 0.3 is 5.97 Å². The van der Waals surface area contributed by atoms with Crippen LogP contribution >= 0.6 is 15.9 Å². The largest absolute Gasteiger partial charge is 0.450 e. The summed E-state index contributed by atoms with van der Waals surface area (Å²) in [5.74, 6) is -2.67. The second-order valence-electron chi connectivity index (χ2n) is 5.22. The third-order valence-corrected chi connectivity index (χ3v) is 3.87. The molecule has 0 radical (unpaired) electrons. The first-order valence-corrected chi connectivity index (χ1v) is 8.18. The molecule has 0 bridgehead atoms. The summed E-state index contributed by atoms with van der Waals surface area (Å²) in [6.07, 6.45) is 0. The van der Waals surface area contributed by atoms with Gasteiger partial charge in [-0.05, 0) is 30.3 Å². The van der Waals surface area contributed by atoms with Crippen molar-refractivity contribution in [2.75, 3.05) is 11.9 Å². The minimum Gasteiger partial charge on any atom is -0.450 e. The van der Waals surface area contributed by atoms with E-state index in [2.05, 4.69) is 21.2 Å². The van der Waals surface area contributed by atoms with Crippen molar-refractivity contribution in [3.63, 3.8) is 0 Å². The highest BCUT2D eigenvalue weighted by Gasteiger charge is 2.16. The molecule has 0 fully saturated rings. The fraction of sp³-hybridized carbons (Fsp3) is 0.0556. The Hall–Kier alpha value is -3.00. The van der Waals surface area contributed by atoms with Gasteiger partial charge in [0.25, 0.3) is 5.91 Å². The standard InChI is InChI=1S/C18H11BrFNO5/c19-10-5-6-13(12(20)7-10)21-17(23)9-25-18(24)16-8-14(22)11-3-1-2-4-15(11)26-16/h1-8H,9H2,(H,21,23). The van der Waals surface area contributed by atoms with E-state index in [1.54, 1.807) is 24.3 Å². The summed E-state index contributed by atoms with van der Waals surface area (Å²) >= 11 is 3.10. The molecule has 26 heavy (non-hydrogen) atoms. The van der Waals surface area contributed by atoms with Gasteiger partial charge < -0.3 is 14.5 Å². The Balaban J connectivity index is 1.67. The van der Waals surface area contributed by atoms with E-state index in [1.807, 2.05) is 0 Å². The number of nitrogens with one attached hydrogen (secondary N) is 1. The Bertz CT molecular complexity index is 1060. The maximum Gasteiger partial charge on any atom is 0.374 e. The van der Waals surface area contributed by atoms with E-state index in [9.17, 15) is 18.8 Å². The highest BCUT2D eigenvalue weighted by atomic mass is 79.9. The lowest BCUT2D eigenvalue weighted by Crippen LogP contribution is -2.22. The third-order valence-electron chi connectivity index (χ3n) is 3.38. The van der Waals surface area contributed by atoms with Gasteiger partial charge in [0.15, 0.2) is 12.0 Å². The second-order valence-corrected chi connectivity index (χ2v) is 6.14. The predicted octanol–water partition coefficient (Wildman–Crippen LogP) is 3.49. The minimum absolute atomic E-state index is 0.0495. The number of fused-ring (bicyclic) bond motifs is 1. The molecule has 0 aliphatic heterocycles. The van der Waals surface area contributed by atoms with Gasteiger partial charge in [-0.15, -0.1) is 0 Å². The van der Waals surface area contributed by atoms with Gasteiger partial charge in [-0.2, -0.15) is 0 Å². The summed E-state index contributed by atoms with van der Waals surface area (Å²) in [5, 5.41) is 2.61. The summed E-state index contributed by atoms with van der Waals surface area (Å²) < 4.78 is 24.3. The average molecular weight is 420 g/mol. The van der Waals surface area contributed by atoms with Crippen molar-refractivity contribution in [1.82, 2.24) is 0 Å². The van der Waals surface area contributed by atoms with Gasteiger partial charge in [-0.25, -0.2) is 9.18 Å². The first-order valence-electron chi connectivity index (χ1n) is 7.39. The zero-order valence-corrected chi connectivity index (χ0v) is 14.7. The molecule has 1 heterocycles. The van der Waals surface area contributed by atoms with Crippen molar-refractivity contribution in [3.8, 4) is 0 Å². The van der Waals surface area contributed by atoms with Crippen molar-refractivity contribution in [2.24, 2.45) is 0 Å². The van der Waals surface area contributed by atoms with Crippen molar-refractivity contribution in [1.29, 1.82) is 0 Å². The lowest BCUT2D eigenvalue weighted by molar-refractivity contribution is -0.119. The van der Waals surface area contributed by atoms with E-state index >= 15 is 0 Å². The molecule has 1 amide bonds. The Morgan fingerprint density at radius 2 is 1.92 bits per heavy atom. The molecule has 0 aliphatic carbocycles. The molecule has 3 rings (SSSR count). The second kappa shape index (κ2) is 7.49. The van der Waals surface area contributed by atoms with E-state index in [0.717, 1.165) is 6.07 Å². The van der Waals surface area contributed by atoms with Gasteiger partial charge in [0.2, 0.25) is 5.76 Å². The van der Waals surface area contributed by atoms with Crippen molar-refractivity contribution < 1.29 is 23.1 Å². The van der Waals surface area contributed by atoms with E-state index in [0.29, 0.717) is 9.86 Å². The fourth-order valence-corrected chi connectivity index (χ4v) is 2.52. The Kier molecular flexibility index (Phi) is 5.13. The molecule has 8 heteroatoms. The van der Waals surface area contributed by atoms with Gasteiger partial charge in [0.05, 0.1) is 11.1 Å². The number of halogens is 2. The summed E-state index contributed by atoms with van der Waals surface area (Å²) in [4.78, 5) is 35.8. The molecule has 0 saturated heterocycles. The van der Waals surface area contributed by atoms with Crippen LogP contribution in [0.3, 0.4) is 0 Å². The van der Waals surface area contributed by atoms with Gasteiger partial charge in [0.1, 0.15) is 11.4 Å². The van der Waals surface area contributed by atoms with Crippen LogP contribution in [0, 0.1) is 5.82 Å². The number of para-hydroxylation sites is 1. The van der Waals surface area contributed by atoms with Crippen molar-refractivity contribution in [3.05, 3.63) is 74.8 Å². The van der Waals surface area contributed by atoms with E-state index in [1.165, 1.54) is 18.2 Å². The number of rotatable bonds is 4. The Morgan fingerprint density at radius 3 is 2.69 bits per heavy atom. The van der Waals surface area contributed by atoms with Gasteiger partial charge in [0, 0.05) is 10.5 Å². The van der Waals surface area contributed by atoms with E-state index in [-0.39, 0.29) is 17.0 Å². The van der Waals surface area contributed by atoms with Crippen molar-refractivity contribution >= 4 is 44.5 Å². The molecule has 0 aliphatic rings. The van der Waals surface area contributed by atoms with Crippen LogP contribution in [0.1, 0.15) is 10.6 Å². The van der Waals surface area contributed by atoms with Crippen LogP contribution in [0.15, 0.2) is 62.2 Å². The normalized spacial score (nSPS) is 10.5. The summed E-state index contributed by atoms with van der Waals surface area (Å²) in [6, 6.07) is 11.5. The monoisotopic (exact) mass is 419 g/mol. The van der Waals surface area contributed by atoms with Crippen LogP contribution in [-0.2, 0) is 9.53 Å². The number of benzene rings is 2. The SMILES string of the molecule is O=C(COC(=O)c1cc(=O)c2ccccc2o1)Nc1ccc(Br)cc1F. The maximum absolute atomic E-state index is 13.7. The number of amides is 1. The minimum atomic E-state index is -0.973.